The van der Waals surface area contributed by atoms with Crippen molar-refractivity contribution < 1.29 is 13.2 Å². The van der Waals surface area contributed by atoms with Gasteiger partial charge in [-0.3, -0.25) is 4.79 Å². The Balaban J connectivity index is 1.49. The van der Waals surface area contributed by atoms with Gasteiger partial charge >= 0.3 is 0 Å². The van der Waals surface area contributed by atoms with E-state index in [1.54, 1.807) is 16.9 Å². The second-order valence-corrected chi connectivity index (χ2v) is 11.3. The lowest BCUT2D eigenvalue weighted by atomic mass is 10.1. The SMILES string of the molecule is Cc1cc(NC(=O)c2ccc(S(=O)(=O)N(C)C)cc2)n(-c2ncnc3c2cnn3-c2ccc(C)c(C)c2)n1. The summed E-state index contributed by atoms with van der Waals surface area (Å²) in [5, 5.41) is 12.6. The Morgan fingerprint density at radius 2 is 1.66 bits per heavy atom. The fourth-order valence-electron chi connectivity index (χ4n) is 3.97. The second kappa shape index (κ2) is 9.47. The topological polar surface area (TPSA) is 128 Å². The number of sulfonamides is 1. The van der Waals surface area contributed by atoms with Crippen molar-refractivity contribution in [3.8, 4) is 11.5 Å². The summed E-state index contributed by atoms with van der Waals surface area (Å²) >= 11 is 0. The van der Waals surface area contributed by atoms with Gasteiger partial charge in [0.15, 0.2) is 11.5 Å². The summed E-state index contributed by atoms with van der Waals surface area (Å²) in [7, 11) is -0.689. The van der Waals surface area contributed by atoms with Crippen LogP contribution in [0.15, 0.2) is 66.0 Å². The zero-order valence-electron chi connectivity index (χ0n) is 21.5. The second-order valence-electron chi connectivity index (χ2n) is 9.11. The number of anilines is 1. The molecule has 0 radical (unpaired) electrons. The van der Waals surface area contributed by atoms with Crippen molar-refractivity contribution in [3.63, 3.8) is 0 Å². The van der Waals surface area contributed by atoms with Crippen LogP contribution in [-0.2, 0) is 10.0 Å². The molecule has 38 heavy (non-hydrogen) atoms. The first kappa shape index (κ1) is 25.2. The molecule has 0 saturated carbocycles. The summed E-state index contributed by atoms with van der Waals surface area (Å²) in [6, 6.07) is 13.5. The van der Waals surface area contributed by atoms with Gasteiger partial charge in [0.05, 0.1) is 27.9 Å². The zero-order chi connectivity index (χ0) is 27.2. The Hall–Kier alpha value is -4.42. The molecule has 3 heterocycles. The van der Waals surface area contributed by atoms with Crippen LogP contribution in [-0.4, -0.2) is 62.3 Å². The van der Waals surface area contributed by atoms with Crippen LogP contribution in [0.3, 0.4) is 0 Å². The van der Waals surface area contributed by atoms with Gasteiger partial charge in [0.2, 0.25) is 10.0 Å². The van der Waals surface area contributed by atoms with Gasteiger partial charge in [0.25, 0.3) is 5.91 Å². The first-order chi connectivity index (χ1) is 18.1. The van der Waals surface area contributed by atoms with Crippen LogP contribution in [0.25, 0.3) is 22.5 Å². The van der Waals surface area contributed by atoms with Crippen molar-refractivity contribution in [1.82, 2.24) is 33.8 Å². The van der Waals surface area contributed by atoms with Crippen molar-refractivity contribution in [2.75, 3.05) is 19.4 Å². The van der Waals surface area contributed by atoms with E-state index >= 15 is 0 Å². The molecule has 11 nitrogen and oxygen atoms in total. The largest absolute Gasteiger partial charge is 0.306 e. The average Bonchev–Trinajstić information content (AvgIpc) is 3.48. The molecule has 194 valence electrons. The molecule has 0 bridgehead atoms. The van der Waals surface area contributed by atoms with Gasteiger partial charge in [0.1, 0.15) is 12.1 Å². The summed E-state index contributed by atoms with van der Waals surface area (Å²) in [6.07, 6.45) is 3.11. The maximum absolute atomic E-state index is 13.1. The number of hydrogen-bond donors (Lipinski definition) is 1. The maximum Gasteiger partial charge on any atom is 0.256 e. The van der Waals surface area contributed by atoms with Gasteiger partial charge in [0, 0.05) is 25.7 Å². The van der Waals surface area contributed by atoms with Crippen LogP contribution in [0.5, 0.6) is 0 Å². The number of hydrogen-bond acceptors (Lipinski definition) is 7. The first-order valence-corrected chi connectivity index (χ1v) is 13.2. The molecular weight excluding hydrogens is 504 g/mol. The lowest BCUT2D eigenvalue weighted by Crippen LogP contribution is -2.22. The number of aryl methyl sites for hydroxylation is 3. The van der Waals surface area contributed by atoms with Crippen LogP contribution >= 0.6 is 0 Å². The lowest BCUT2D eigenvalue weighted by Gasteiger charge is -2.12. The molecule has 0 aliphatic heterocycles. The summed E-state index contributed by atoms with van der Waals surface area (Å²) in [6.45, 7) is 5.90. The van der Waals surface area contributed by atoms with E-state index in [0.717, 1.165) is 15.6 Å². The number of amides is 1. The van der Waals surface area contributed by atoms with E-state index in [-0.39, 0.29) is 4.90 Å². The normalized spacial score (nSPS) is 11.8. The van der Waals surface area contributed by atoms with Gasteiger partial charge in [-0.15, -0.1) is 0 Å². The summed E-state index contributed by atoms with van der Waals surface area (Å²) in [5.74, 6) is 0.438. The minimum absolute atomic E-state index is 0.101. The highest BCUT2D eigenvalue weighted by Gasteiger charge is 2.20. The molecule has 0 spiro atoms. The maximum atomic E-state index is 13.1. The van der Waals surface area contributed by atoms with E-state index in [0.29, 0.717) is 33.9 Å². The predicted molar refractivity (Wildman–Crippen MR) is 143 cm³/mol. The molecule has 0 unspecified atom stereocenters. The molecule has 0 saturated heterocycles. The van der Waals surface area contributed by atoms with Crippen molar-refractivity contribution in [2.24, 2.45) is 0 Å². The fraction of sp³-hybridized carbons (Fsp3) is 0.192. The Morgan fingerprint density at radius 1 is 0.921 bits per heavy atom. The minimum atomic E-state index is -3.60. The molecule has 0 aliphatic rings. The van der Waals surface area contributed by atoms with E-state index in [4.69, 9.17) is 0 Å². The number of carbonyl (C=O) groups excluding carboxylic acids is 1. The number of carbonyl (C=O) groups is 1. The average molecular weight is 531 g/mol. The van der Waals surface area contributed by atoms with Gasteiger partial charge in [-0.25, -0.2) is 27.4 Å². The van der Waals surface area contributed by atoms with Crippen LogP contribution in [0.4, 0.5) is 5.82 Å². The van der Waals surface area contributed by atoms with Gasteiger partial charge < -0.3 is 5.32 Å². The number of aromatic nitrogens is 6. The number of fused-ring (bicyclic) bond motifs is 1. The van der Waals surface area contributed by atoms with Crippen molar-refractivity contribution in [1.29, 1.82) is 0 Å². The predicted octanol–water partition coefficient (Wildman–Crippen LogP) is 3.43. The first-order valence-electron chi connectivity index (χ1n) is 11.7. The van der Waals surface area contributed by atoms with Crippen LogP contribution in [0.1, 0.15) is 27.2 Å². The highest BCUT2D eigenvalue weighted by atomic mass is 32.2. The van der Waals surface area contributed by atoms with Crippen LogP contribution < -0.4 is 5.32 Å². The molecule has 3 aromatic heterocycles. The third kappa shape index (κ3) is 4.44. The third-order valence-corrected chi connectivity index (χ3v) is 8.08. The zero-order valence-corrected chi connectivity index (χ0v) is 22.4. The Kier molecular flexibility index (Phi) is 6.29. The molecule has 5 rings (SSSR count). The molecule has 2 aromatic carbocycles. The summed E-state index contributed by atoms with van der Waals surface area (Å²) in [5.41, 5.74) is 4.76. The van der Waals surface area contributed by atoms with E-state index in [9.17, 15) is 13.2 Å². The highest BCUT2D eigenvalue weighted by Crippen LogP contribution is 2.25. The third-order valence-electron chi connectivity index (χ3n) is 6.25. The van der Waals surface area contributed by atoms with E-state index in [2.05, 4.69) is 32.4 Å². The number of benzene rings is 2. The van der Waals surface area contributed by atoms with Crippen LogP contribution in [0.2, 0.25) is 0 Å². The lowest BCUT2D eigenvalue weighted by molar-refractivity contribution is 0.102. The molecule has 12 heteroatoms. The quantitative estimate of drug-likeness (QED) is 0.356. The van der Waals surface area contributed by atoms with Crippen molar-refractivity contribution in [3.05, 3.63) is 83.4 Å². The van der Waals surface area contributed by atoms with E-state index < -0.39 is 15.9 Å². The molecule has 0 fully saturated rings. The molecule has 0 aliphatic carbocycles. The number of nitrogens with zero attached hydrogens (tertiary/aromatic N) is 7. The van der Waals surface area contributed by atoms with Gasteiger partial charge in [-0.2, -0.15) is 14.9 Å². The minimum Gasteiger partial charge on any atom is -0.306 e. The van der Waals surface area contributed by atoms with E-state index in [1.807, 2.05) is 32.0 Å². The van der Waals surface area contributed by atoms with E-state index in [1.165, 1.54) is 54.9 Å². The number of rotatable bonds is 6. The Bertz CT molecular complexity index is 1790. The van der Waals surface area contributed by atoms with Gasteiger partial charge in [-0.05, 0) is 68.3 Å². The Morgan fingerprint density at radius 3 is 2.34 bits per heavy atom. The number of nitrogens with one attached hydrogen (secondary N) is 1. The molecule has 1 N–H and O–H groups in total. The molecular formula is C26H26N8O3S. The fourth-order valence-corrected chi connectivity index (χ4v) is 4.88. The Labute approximate surface area is 219 Å². The van der Waals surface area contributed by atoms with Crippen molar-refractivity contribution in [2.45, 2.75) is 25.7 Å². The van der Waals surface area contributed by atoms with Crippen molar-refractivity contribution >= 4 is 32.8 Å². The summed E-state index contributed by atoms with van der Waals surface area (Å²) in [4.78, 5) is 22.0. The smallest absolute Gasteiger partial charge is 0.256 e. The highest BCUT2D eigenvalue weighted by molar-refractivity contribution is 7.89. The van der Waals surface area contributed by atoms with Gasteiger partial charge in [-0.1, -0.05) is 6.07 Å². The van der Waals surface area contributed by atoms with Crippen LogP contribution in [0, 0.1) is 20.8 Å². The molecule has 5 aromatic rings. The molecule has 1 amide bonds. The molecule has 0 atom stereocenters. The standard InChI is InChI=1S/C26H26N8O3S/c1-16-6-9-20(12-17(16)2)33-24-22(14-29-33)25(28-15-27-24)34-23(13-18(3)31-34)30-26(35)19-7-10-21(11-8-19)38(36,37)32(4)5/h6-15H,1-5H3,(H,30,35). The monoisotopic (exact) mass is 530 g/mol. The summed E-state index contributed by atoms with van der Waals surface area (Å²) < 4.78 is 29.1.